The molecule has 0 heterocycles. The first-order chi connectivity index (χ1) is 17.5. The molecule has 0 aliphatic rings. The van der Waals surface area contributed by atoms with Crippen LogP contribution in [0.25, 0.3) is 10.8 Å². The summed E-state index contributed by atoms with van der Waals surface area (Å²) in [5, 5.41) is 25.1. The summed E-state index contributed by atoms with van der Waals surface area (Å²) in [5.41, 5.74) is -0.0464. The third-order valence-corrected chi connectivity index (χ3v) is 7.02. The molecule has 2 N–H and O–H groups in total. The minimum absolute atomic E-state index is 0. The molecular weight excluding hydrogens is 564 g/mol. The van der Waals surface area contributed by atoms with Crippen molar-refractivity contribution in [3.8, 4) is 11.5 Å². The SMILES string of the molecule is COc1cc(Cl)ccc1NC(=O)c1cc2ccccc2c(N=Nc2c(C)ccc(Cl)c2S(=O)(=O)O)c1[O-].[Na+]. The van der Waals surface area contributed by atoms with Gasteiger partial charge in [0.2, 0.25) is 0 Å². The number of fused-ring (bicyclic) bond motifs is 1. The molecule has 13 heteroatoms. The number of ether oxygens (including phenoxy) is 1. The normalized spacial score (nSPS) is 11.4. The van der Waals surface area contributed by atoms with Crippen molar-refractivity contribution < 1.29 is 57.2 Å². The van der Waals surface area contributed by atoms with E-state index in [0.717, 1.165) is 0 Å². The van der Waals surface area contributed by atoms with Gasteiger partial charge in [-0.15, -0.1) is 5.11 Å². The van der Waals surface area contributed by atoms with Crippen LogP contribution in [0.2, 0.25) is 10.0 Å². The predicted octanol–water partition coefficient (Wildman–Crippen LogP) is 3.46. The number of nitrogens with one attached hydrogen (secondary N) is 1. The van der Waals surface area contributed by atoms with Crippen LogP contribution in [0.3, 0.4) is 0 Å². The maximum atomic E-state index is 13.4. The molecule has 0 bridgehead atoms. The molecule has 0 unspecified atom stereocenters. The molecule has 9 nitrogen and oxygen atoms in total. The first kappa shape index (κ1) is 29.9. The van der Waals surface area contributed by atoms with Crippen LogP contribution in [-0.4, -0.2) is 26.0 Å². The Labute approximate surface area is 250 Å². The van der Waals surface area contributed by atoms with Crippen molar-refractivity contribution in [2.45, 2.75) is 11.8 Å². The van der Waals surface area contributed by atoms with Crippen molar-refractivity contribution in [1.82, 2.24) is 0 Å². The molecule has 190 valence electrons. The molecule has 0 aromatic heterocycles. The maximum Gasteiger partial charge on any atom is 1.00 e. The van der Waals surface area contributed by atoms with Gasteiger partial charge in [-0.1, -0.05) is 59.3 Å². The van der Waals surface area contributed by atoms with Gasteiger partial charge in [0.05, 0.1) is 23.5 Å². The monoisotopic (exact) mass is 581 g/mol. The van der Waals surface area contributed by atoms with E-state index in [1.54, 1.807) is 37.3 Å². The van der Waals surface area contributed by atoms with Gasteiger partial charge in [-0.3, -0.25) is 9.35 Å². The van der Waals surface area contributed by atoms with Crippen LogP contribution in [0, 0.1) is 6.92 Å². The number of benzene rings is 4. The largest absolute Gasteiger partial charge is 1.00 e. The Morgan fingerprint density at radius 3 is 2.39 bits per heavy atom. The van der Waals surface area contributed by atoms with E-state index in [2.05, 4.69) is 15.5 Å². The average Bonchev–Trinajstić information content (AvgIpc) is 2.85. The fourth-order valence-corrected chi connectivity index (χ4v) is 5.02. The van der Waals surface area contributed by atoms with Crippen molar-refractivity contribution >= 4 is 67.1 Å². The van der Waals surface area contributed by atoms with Gasteiger partial charge in [-0.05, 0) is 42.1 Å². The van der Waals surface area contributed by atoms with E-state index in [1.807, 2.05) is 0 Å². The molecule has 0 radical (unpaired) electrons. The Kier molecular flexibility index (Phi) is 9.43. The van der Waals surface area contributed by atoms with E-state index in [4.69, 9.17) is 27.9 Å². The molecule has 0 saturated heterocycles. The number of carbonyl (C=O) groups excluding carboxylic acids is 1. The third-order valence-electron chi connectivity index (χ3n) is 5.42. The molecule has 0 aliphatic heterocycles. The van der Waals surface area contributed by atoms with Crippen LogP contribution in [0.15, 0.2) is 75.8 Å². The first-order valence-electron chi connectivity index (χ1n) is 10.6. The van der Waals surface area contributed by atoms with Gasteiger partial charge < -0.3 is 15.2 Å². The van der Waals surface area contributed by atoms with Crippen LogP contribution in [0.5, 0.6) is 11.5 Å². The van der Waals surface area contributed by atoms with E-state index >= 15 is 0 Å². The number of carbonyl (C=O) groups is 1. The quantitative estimate of drug-likeness (QED) is 0.203. The number of rotatable bonds is 6. The zero-order valence-electron chi connectivity index (χ0n) is 20.3. The summed E-state index contributed by atoms with van der Waals surface area (Å²) in [6.45, 7) is 1.54. The van der Waals surface area contributed by atoms with Crippen LogP contribution < -0.4 is 44.7 Å². The smallest absolute Gasteiger partial charge is 0.870 e. The summed E-state index contributed by atoms with van der Waals surface area (Å²) in [6.07, 6.45) is 0. The molecule has 0 spiro atoms. The molecule has 4 aromatic carbocycles. The minimum Gasteiger partial charge on any atom is -0.870 e. The second-order valence-electron chi connectivity index (χ2n) is 7.84. The van der Waals surface area contributed by atoms with Crippen molar-refractivity contribution in [2.75, 3.05) is 12.4 Å². The minimum atomic E-state index is -4.76. The Balaban J connectivity index is 0.00000400. The van der Waals surface area contributed by atoms with Crippen molar-refractivity contribution in [1.29, 1.82) is 0 Å². The second kappa shape index (κ2) is 12.0. The second-order valence-corrected chi connectivity index (χ2v) is 10.0. The Morgan fingerprint density at radius 2 is 1.71 bits per heavy atom. The van der Waals surface area contributed by atoms with Crippen molar-refractivity contribution in [3.05, 3.63) is 81.8 Å². The third kappa shape index (κ3) is 6.13. The zero-order chi connectivity index (χ0) is 26.9. The van der Waals surface area contributed by atoms with Gasteiger partial charge in [-0.25, -0.2) is 0 Å². The van der Waals surface area contributed by atoms with E-state index in [9.17, 15) is 22.9 Å². The number of azo groups is 1. The summed E-state index contributed by atoms with van der Waals surface area (Å²) in [5.74, 6) is -1.19. The predicted molar refractivity (Wildman–Crippen MR) is 140 cm³/mol. The van der Waals surface area contributed by atoms with E-state index in [-0.39, 0.29) is 51.5 Å². The molecule has 4 rings (SSSR count). The fraction of sp³-hybridized carbons (Fsp3) is 0.0800. The van der Waals surface area contributed by atoms with E-state index < -0.39 is 26.7 Å². The number of amides is 1. The number of hydrogen-bond acceptors (Lipinski definition) is 7. The Hall–Kier alpha value is -2.70. The van der Waals surface area contributed by atoms with Gasteiger partial charge in [0.1, 0.15) is 16.3 Å². The topological polar surface area (TPSA) is 140 Å². The number of anilines is 1. The fourth-order valence-electron chi connectivity index (χ4n) is 3.65. The molecule has 4 aromatic rings. The number of aryl methyl sites for hydroxylation is 1. The Morgan fingerprint density at radius 1 is 1.03 bits per heavy atom. The van der Waals surface area contributed by atoms with Gasteiger partial charge in [0.15, 0.2) is 0 Å². The summed E-state index contributed by atoms with van der Waals surface area (Å²) < 4.78 is 38.8. The zero-order valence-corrected chi connectivity index (χ0v) is 24.6. The number of hydrogen-bond donors (Lipinski definition) is 2. The number of nitrogens with zero attached hydrogens (tertiary/aromatic N) is 2. The maximum absolute atomic E-state index is 13.4. The first-order valence-corrected chi connectivity index (χ1v) is 12.8. The molecule has 0 aliphatic carbocycles. The molecule has 0 atom stereocenters. The summed E-state index contributed by atoms with van der Waals surface area (Å²) in [6, 6.07) is 15.5. The van der Waals surface area contributed by atoms with Gasteiger partial charge >= 0.3 is 29.6 Å². The molecular formula is C25H18Cl2N3NaO6S. The van der Waals surface area contributed by atoms with Gasteiger partial charge in [0.25, 0.3) is 16.0 Å². The van der Waals surface area contributed by atoms with Crippen LogP contribution in [-0.2, 0) is 10.1 Å². The van der Waals surface area contributed by atoms with E-state index in [1.165, 1.54) is 37.4 Å². The number of halogens is 2. The molecule has 1 amide bonds. The van der Waals surface area contributed by atoms with Gasteiger partial charge in [0, 0.05) is 22.0 Å². The summed E-state index contributed by atoms with van der Waals surface area (Å²) in [4.78, 5) is 12.5. The van der Waals surface area contributed by atoms with Crippen LogP contribution in [0.1, 0.15) is 15.9 Å². The summed E-state index contributed by atoms with van der Waals surface area (Å²) >= 11 is 12.0. The summed E-state index contributed by atoms with van der Waals surface area (Å²) in [7, 11) is -3.35. The van der Waals surface area contributed by atoms with Crippen molar-refractivity contribution in [3.63, 3.8) is 0 Å². The average molecular weight is 582 g/mol. The standard InChI is InChI=1S/C25H19Cl2N3O6S.Na/c1-13-7-9-18(27)24(37(33,34)35)21(13)29-30-22-16-6-4-3-5-14(16)11-17(23(22)31)25(32)28-19-10-8-15(26)12-20(19)36-2;/h3-12,31H,1-2H3,(H,28,32)(H,33,34,35);/q;+1/p-1. The molecule has 0 fully saturated rings. The molecule has 38 heavy (non-hydrogen) atoms. The number of methoxy groups -OCH3 is 1. The van der Waals surface area contributed by atoms with Crippen molar-refractivity contribution in [2.24, 2.45) is 10.2 Å². The molecule has 0 saturated carbocycles. The van der Waals surface area contributed by atoms with E-state index in [0.29, 0.717) is 32.8 Å². The Bertz CT molecular complexity index is 1700. The van der Waals surface area contributed by atoms with Crippen LogP contribution >= 0.6 is 23.2 Å². The van der Waals surface area contributed by atoms with Crippen LogP contribution in [0.4, 0.5) is 17.1 Å². The van der Waals surface area contributed by atoms with Gasteiger partial charge in [-0.2, -0.15) is 13.5 Å².